The maximum atomic E-state index is 12.8. The van der Waals surface area contributed by atoms with Gasteiger partial charge in [0.15, 0.2) is 5.17 Å². The number of benzene rings is 2. The minimum Gasteiger partial charge on any atom is -0.394 e. The number of amides is 1. The minimum absolute atomic E-state index is 0.0291. The van der Waals surface area contributed by atoms with Crippen molar-refractivity contribution >= 4 is 62.5 Å². The van der Waals surface area contributed by atoms with Crippen LogP contribution in [0.4, 0.5) is 0 Å². The predicted octanol–water partition coefficient (Wildman–Crippen LogP) is 4.05. The Hall–Kier alpha value is -2.36. The van der Waals surface area contributed by atoms with Gasteiger partial charge in [-0.2, -0.15) is 10.1 Å². The molecule has 1 aliphatic heterocycles. The predicted molar refractivity (Wildman–Crippen MR) is 129 cm³/mol. The number of amidine groups is 1. The van der Waals surface area contributed by atoms with E-state index in [1.54, 1.807) is 18.3 Å². The Labute approximate surface area is 198 Å². The highest BCUT2D eigenvalue weighted by Crippen LogP contribution is 2.37. The molecule has 2 aromatic carbocycles. The molecule has 0 fully saturated rings. The van der Waals surface area contributed by atoms with Crippen molar-refractivity contribution in [1.29, 1.82) is 0 Å². The van der Waals surface area contributed by atoms with Gasteiger partial charge in [0.1, 0.15) is 0 Å². The molecule has 3 N–H and O–H groups in total. The standard InChI is InChI=1S/C22H20Cl2N4O3S/c23-16-3-1-14(18(24)11-16)10-17(13-2-4-19-15(9-13)12-26-28-19)20-21(30)27-22(32-20)25-5-7-31-8-6-29/h1-4,9,11-12,29H,5-8,10H2,(H,26,28)(H,25,27,30). The second kappa shape index (κ2) is 10.5. The van der Waals surface area contributed by atoms with E-state index >= 15 is 0 Å². The molecule has 0 atom stereocenters. The van der Waals surface area contributed by atoms with Crippen molar-refractivity contribution in [3.05, 3.63) is 68.7 Å². The van der Waals surface area contributed by atoms with Crippen LogP contribution in [-0.2, 0) is 16.0 Å². The van der Waals surface area contributed by atoms with Crippen molar-refractivity contribution in [1.82, 2.24) is 15.5 Å². The molecular formula is C22H20Cl2N4O3S. The number of nitrogens with zero attached hydrogens (tertiary/aromatic N) is 2. The number of fused-ring (bicyclic) bond motifs is 1. The van der Waals surface area contributed by atoms with Crippen molar-refractivity contribution in [2.24, 2.45) is 4.99 Å². The molecular weight excluding hydrogens is 471 g/mol. The Balaban J connectivity index is 1.64. The summed E-state index contributed by atoms with van der Waals surface area (Å²) in [5.74, 6) is -0.304. The van der Waals surface area contributed by atoms with Gasteiger partial charge in [-0.05, 0) is 52.7 Å². The third-order valence-electron chi connectivity index (χ3n) is 4.80. The summed E-state index contributed by atoms with van der Waals surface area (Å²) in [7, 11) is 0. The Morgan fingerprint density at radius 1 is 1.19 bits per heavy atom. The number of thioether (sulfide) groups is 1. The second-order valence-electron chi connectivity index (χ2n) is 6.98. The van der Waals surface area contributed by atoms with Crippen molar-refractivity contribution in [2.75, 3.05) is 26.4 Å². The number of carbonyl (C=O) groups is 1. The highest BCUT2D eigenvalue weighted by Gasteiger charge is 2.27. The average Bonchev–Trinajstić information content (AvgIpc) is 3.39. The Morgan fingerprint density at radius 2 is 2.06 bits per heavy atom. The third kappa shape index (κ3) is 5.33. The number of H-pyrrole nitrogens is 1. The molecule has 0 saturated heterocycles. The second-order valence-corrected chi connectivity index (χ2v) is 8.82. The SMILES string of the molecule is O=C1N=C(NCCOCCO)SC1=C(Cc1ccc(Cl)cc1Cl)c1ccc2[nH]ncc2c1. The fourth-order valence-electron chi connectivity index (χ4n) is 3.27. The number of aliphatic imine (C=N–C) groups is 1. The number of aromatic amines is 1. The maximum absolute atomic E-state index is 12.8. The molecule has 32 heavy (non-hydrogen) atoms. The largest absolute Gasteiger partial charge is 0.394 e. The molecule has 4 rings (SSSR count). The van der Waals surface area contributed by atoms with Gasteiger partial charge in [0, 0.05) is 28.4 Å². The first-order valence-corrected chi connectivity index (χ1v) is 11.5. The fraction of sp³-hybridized carbons (Fsp3) is 0.227. The van der Waals surface area contributed by atoms with E-state index in [1.807, 2.05) is 24.3 Å². The van der Waals surface area contributed by atoms with Crippen molar-refractivity contribution in [3.8, 4) is 0 Å². The van der Waals surface area contributed by atoms with Crippen LogP contribution in [0.15, 0.2) is 52.5 Å². The lowest BCUT2D eigenvalue weighted by Crippen LogP contribution is -2.24. The molecule has 0 bridgehead atoms. The minimum atomic E-state index is -0.304. The third-order valence-corrected chi connectivity index (χ3v) is 6.44. The number of ether oxygens (including phenoxy) is 1. The van der Waals surface area contributed by atoms with E-state index in [0.717, 1.165) is 27.6 Å². The summed E-state index contributed by atoms with van der Waals surface area (Å²) >= 11 is 13.8. The number of rotatable bonds is 8. The Morgan fingerprint density at radius 3 is 2.88 bits per heavy atom. The van der Waals surface area contributed by atoms with Gasteiger partial charge in [-0.1, -0.05) is 35.3 Å². The van der Waals surface area contributed by atoms with Crippen LogP contribution in [-0.4, -0.2) is 52.7 Å². The smallest absolute Gasteiger partial charge is 0.286 e. The van der Waals surface area contributed by atoms with Gasteiger partial charge in [-0.15, -0.1) is 0 Å². The molecule has 2 heterocycles. The van der Waals surface area contributed by atoms with Gasteiger partial charge in [0.2, 0.25) is 0 Å². The summed E-state index contributed by atoms with van der Waals surface area (Å²) < 4.78 is 5.24. The lowest BCUT2D eigenvalue weighted by atomic mass is 9.96. The zero-order valence-electron chi connectivity index (χ0n) is 16.9. The normalized spacial score (nSPS) is 15.3. The topological polar surface area (TPSA) is 99.6 Å². The van der Waals surface area contributed by atoms with E-state index < -0.39 is 0 Å². The van der Waals surface area contributed by atoms with Gasteiger partial charge in [-0.3, -0.25) is 9.89 Å². The van der Waals surface area contributed by atoms with E-state index in [4.69, 9.17) is 33.0 Å². The van der Waals surface area contributed by atoms with E-state index in [1.165, 1.54) is 11.8 Å². The number of aromatic nitrogens is 2. The molecule has 1 amide bonds. The summed E-state index contributed by atoms with van der Waals surface area (Å²) in [6.45, 7) is 1.12. The van der Waals surface area contributed by atoms with Crippen LogP contribution in [0.1, 0.15) is 11.1 Å². The molecule has 0 saturated carbocycles. The first-order valence-electron chi connectivity index (χ1n) is 9.89. The zero-order valence-corrected chi connectivity index (χ0v) is 19.2. The van der Waals surface area contributed by atoms with Crippen molar-refractivity contribution in [3.63, 3.8) is 0 Å². The molecule has 0 unspecified atom stereocenters. The quantitative estimate of drug-likeness (QED) is 0.325. The number of carbonyl (C=O) groups excluding carboxylic acids is 1. The highest BCUT2D eigenvalue weighted by atomic mass is 35.5. The number of aliphatic hydroxyl groups excluding tert-OH is 1. The number of aliphatic hydroxyl groups is 1. The van der Waals surface area contributed by atoms with Crippen molar-refractivity contribution < 1.29 is 14.6 Å². The molecule has 3 aromatic rings. The number of hydrogen-bond donors (Lipinski definition) is 3. The van der Waals surface area contributed by atoms with Crippen LogP contribution >= 0.6 is 35.0 Å². The molecule has 0 spiro atoms. The van der Waals surface area contributed by atoms with Gasteiger partial charge in [0.05, 0.1) is 36.4 Å². The number of halogens is 2. The molecule has 7 nitrogen and oxygen atoms in total. The highest BCUT2D eigenvalue weighted by molar-refractivity contribution is 8.18. The Bertz CT molecular complexity index is 1210. The lowest BCUT2D eigenvalue weighted by Gasteiger charge is -2.13. The summed E-state index contributed by atoms with van der Waals surface area (Å²) in [5, 5.41) is 21.5. The molecule has 0 radical (unpaired) electrons. The van der Waals surface area contributed by atoms with Gasteiger partial charge in [0.25, 0.3) is 5.91 Å². The van der Waals surface area contributed by atoms with Crippen LogP contribution in [0, 0.1) is 0 Å². The summed E-state index contributed by atoms with van der Waals surface area (Å²) in [5.41, 5.74) is 3.49. The van der Waals surface area contributed by atoms with E-state index in [-0.39, 0.29) is 19.1 Å². The first kappa shape index (κ1) is 22.8. The molecule has 0 aliphatic carbocycles. The van der Waals surface area contributed by atoms with Crippen LogP contribution in [0.5, 0.6) is 0 Å². The molecule has 1 aromatic heterocycles. The number of allylic oxidation sites excluding steroid dienone is 1. The molecule has 10 heteroatoms. The van der Waals surface area contributed by atoms with E-state index in [9.17, 15) is 4.79 Å². The Kier molecular flexibility index (Phi) is 7.49. The van der Waals surface area contributed by atoms with Gasteiger partial charge >= 0.3 is 0 Å². The summed E-state index contributed by atoms with van der Waals surface area (Å²) in [4.78, 5) is 17.5. The summed E-state index contributed by atoms with van der Waals surface area (Å²) in [6, 6.07) is 11.2. The van der Waals surface area contributed by atoms with Crippen LogP contribution < -0.4 is 5.32 Å². The number of nitrogens with one attached hydrogen (secondary N) is 2. The van der Waals surface area contributed by atoms with E-state index in [2.05, 4.69) is 20.5 Å². The van der Waals surface area contributed by atoms with Crippen molar-refractivity contribution in [2.45, 2.75) is 6.42 Å². The van der Waals surface area contributed by atoms with Gasteiger partial charge < -0.3 is 15.2 Å². The monoisotopic (exact) mass is 490 g/mol. The van der Waals surface area contributed by atoms with Gasteiger partial charge in [-0.25, -0.2) is 0 Å². The van der Waals surface area contributed by atoms with Crippen LogP contribution in [0.25, 0.3) is 16.5 Å². The van der Waals surface area contributed by atoms with E-state index in [0.29, 0.717) is 39.7 Å². The molecule has 166 valence electrons. The maximum Gasteiger partial charge on any atom is 0.286 e. The summed E-state index contributed by atoms with van der Waals surface area (Å²) in [6.07, 6.45) is 2.19. The fourth-order valence-corrected chi connectivity index (χ4v) is 4.69. The average molecular weight is 491 g/mol. The first-order chi connectivity index (χ1) is 15.5. The number of hydrogen-bond acceptors (Lipinski definition) is 6. The lowest BCUT2D eigenvalue weighted by molar-refractivity contribution is -0.113. The van der Waals surface area contributed by atoms with Crippen LogP contribution in [0.3, 0.4) is 0 Å². The molecule has 1 aliphatic rings. The zero-order chi connectivity index (χ0) is 22.5. The van der Waals surface area contributed by atoms with Crippen LogP contribution in [0.2, 0.25) is 10.0 Å².